The van der Waals surface area contributed by atoms with Crippen LogP contribution in [0.4, 0.5) is 11.4 Å². The lowest BCUT2D eigenvalue weighted by molar-refractivity contribution is -0.115. The molecule has 0 saturated carbocycles. The lowest BCUT2D eigenvalue weighted by Gasteiger charge is -2.11. The van der Waals surface area contributed by atoms with Crippen LogP contribution >= 0.6 is 0 Å². The first-order chi connectivity index (χ1) is 14.7. The number of hydrogen-bond donors (Lipinski definition) is 2. The van der Waals surface area contributed by atoms with Crippen molar-refractivity contribution >= 4 is 43.9 Å². The maximum atomic E-state index is 12.9. The molecule has 8 nitrogen and oxygen atoms in total. The van der Waals surface area contributed by atoms with E-state index in [2.05, 4.69) is 19.4 Å². The third-order valence-corrected chi connectivity index (χ3v) is 7.47. The number of sulfonamides is 1. The van der Waals surface area contributed by atoms with E-state index in [1.807, 2.05) is 0 Å². The number of nitrogens with zero attached hydrogens (tertiary/aromatic N) is 2. The molecule has 160 valence electrons. The second-order valence-electron chi connectivity index (χ2n) is 6.42. The van der Waals surface area contributed by atoms with Crippen molar-refractivity contribution < 1.29 is 18.0 Å². The number of nitrogens with one attached hydrogen (secondary N) is 2. The molecule has 2 N–H and O–H groups in total. The van der Waals surface area contributed by atoms with Crippen molar-refractivity contribution in [2.24, 2.45) is 3.77 Å². The summed E-state index contributed by atoms with van der Waals surface area (Å²) in [6.07, 6.45) is 1.45. The number of hydrogen-bond acceptors (Lipinski definition) is 5. The van der Waals surface area contributed by atoms with Gasteiger partial charge in [-0.1, -0.05) is 18.2 Å². The Bertz CT molecular complexity index is 1160. The standard InChI is InChI=1S/C21H20N4O4S2/c1-15(26)23-17-8-11-19(12-9-17)30(21-13-10-18(14-22-21)24-16(2)27)25-31(28,29)20-6-4-3-5-7-20/h3-14H,1-2H3,(H,23,26)(H,24,27)/t30-/m1/s1. The lowest BCUT2D eigenvalue weighted by atomic mass is 10.3. The van der Waals surface area contributed by atoms with E-state index in [4.69, 9.17) is 0 Å². The fraction of sp³-hybridized carbons (Fsp3) is 0.0952. The van der Waals surface area contributed by atoms with E-state index in [-0.39, 0.29) is 16.7 Å². The molecule has 0 aliphatic heterocycles. The number of pyridine rings is 1. The number of carbonyl (C=O) groups is 2. The summed E-state index contributed by atoms with van der Waals surface area (Å²) in [6, 6.07) is 17.9. The van der Waals surface area contributed by atoms with Gasteiger partial charge in [-0.25, -0.2) is 4.98 Å². The molecule has 2 amide bonds. The second-order valence-corrected chi connectivity index (χ2v) is 9.90. The summed E-state index contributed by atoms with van der Waals surface area (Å²) in [7, 11) is -5.22. The maximum Gasteiger partial charge on any atom is 0.288 e. The Labute approximate surface area is 182 Å². The molecule has 3 aromatic rings. The number of amides is 2. The molecule has 31 heavy (non-hydrogen) atoms. The zero-order valence-electron chi connectivity index (χ0n) is 16.8. The van der Waals surface area contributed by atoms with E-state index in [9.17, 15) is 18.0 Å². The summed E-state index contributed by atoms with van der Waals surface area (Å²) in [6.45, 7) is 2.79. The Kier molecular flexibility index (Phi) is 6.93. The predicted octanol–water partition coefficient (Wildman–Crippen LogP) is 3.61. The van der Waals surface area contributed by atoms with Crippen molar-refractivity contribution in [2.75, 3.05) is 10.6 Å². The molecular formula is C21H20N4O4S2. The SMILES string of the molecule is CC(=O)Nc1ccc([S@@](=NS(=O)(=O)c2ccccc2)c2ccc(NC(C)=O)cn2)cc1. The van der Waals surface area contributed by atoms with Gasteiger partial charge in [0.2, 0.25) is 11.8 Å². The molecule has 1 aromatic heterocycles. The smallest absolute Gasteiger partial charge is 0.288 e. The molecule has 0 bridgehead atoms. The van der Waals surface area contributed by atoms with E-state index in [0.29, 0.717) is 21.3 Å². The van der Waals surface area contributed by atoms with Crippen LogP contribution in [-0.2, 0) is 30.3 Å². The summed E-state index contributed by atoms with van der Waals surface area (Å²) < 4.78 is 30.0. The van der Waals surface area contributed by atoms with Gasteiger partial charge in [-0.05, 0) is 59.2 Å². The Hall–Kier alpha value is -3.37. The van der Waals surface area contributed by atoms with Gasteiger partial charge in [-0.3, -0.25) is 9.59 Å². The third-order valence-electron chi connectivity index (χ3n) is 3.87. The fourth-order valence-electron chi connectivity index (χ4n) is 2.58. The molecule has 0 saturated heterocycles. The highest BCUT2D eigenvalue weighted by atomic mass is 32.3. The molecule has 0 spiro atoms. The zero-order valence-corrected chi connectivity index (χ0v) is 18.4. The van der Waals surface area contributed by atoms with Gasteiger partial charge in [-0.15, -0.1) is 3.77 Å². The van der Waals surface area contributed by atoms with Gasteiger partial charge in [0.1, 0.15) is 5.03 Å². The molecule has 1 atom stereocenters. The molecular weight excluding hydrogens is 436 g/mol. The van der Waals surface area contributed by atoms with Crippen LogP contribution in [0.15, 0.2) is 91.5 Å². The Morgan fingerprint density at radius 3 is 1.97 bits per heavy atom. The molecule has 3 rings (SSSR count). The first-order valence-corrected chi connectivity index (χ1v) is 11.8. The van der Waals surface area contributed by atoms with Crippen LogP contribution in [0.25, 0.3) is 0 Å². The summed E-state index contributed by atoms with van der Waals surface area (Å²) in [5.41, 5.74) is 1.08. The number of carbonyl (C=O) groups excluding carboxylic acids is 2. The lowest BCUT2D eigenvalue weighted by Crippen LogP contribution is -2.08. The molecule has 10 heteroatoms. The van der Waals surface area contributed by atoms with Gasteiger partial charge in [0.25, 0.3) is 10.0 Å². The highest BCUT2D eigenvalue weighted by Gasteiger charge is 2.17. The first kappa shape index (κ1) is 22.3. The number of benzene rings is 2. The summed E-state index contributed by atoms with van der Waals surface area (Å²) in [5.74, 6) is -0.447. The number of aromatic nitrogens is 1. The van der Waals surface area contributed by atoms with Crippen LogP contribution in [0.5, 0.6) is 0 Å². The van der Waals surface area contributed by atoms with Crippen LogP contribution < -0.4 is 10.6 Å². The van der Waals surface area contributed by atoms with Crippen molar-refractivity contribution in [3.05, 3.63) is 72.9 Å². The van der Waals surface area contributed by atoms with E-state index < -0.39 is 20.7 Å². The van der Waals surface area contributed by atoms with Crippen LogP contribution in [0, 0.1) is 0 Å². The van der Waals surface area contributed by atoms with Crippen LogP contribution in [0.1, 0.15) is 13.8 Å². The quantitative estimate of drug-likeness (QED) is 0.588. The van der Waals surface area contributed by atoms with Crippen LogP contribution in [-0.4, -0.2) is 25.2 Å². The predicted molar refractivity (Wildman–Crippen MR) is 119 cm³/mol. The van der Waals surface area contributed by atoms with Gasteiger partial charge in [0.05, 0.1) is 16.8 Å². The zero-order chi connectivity index (χ0) is 22.4. The van der Waals surface area contributed by atoms with E-state index in [0.717, 1.165) is 0 Å². The average molecular weight is 457 g/mol. The normalized spacial score (nSPS) is 12.2. The van der Waals surface area contributed by atoms with E-state index in [1.165, 1.54) is 32.2 Å². The molecule has 0 aliphatic rings. The maximum absolute atomic E-state index is 12.9. The average Bonchev–Trinajstić information content (AvgIpc) is 2.73. The molecule has 0 fully saturated rings. The molecule has 0 unspecified atom stereocenters. The Morgan fingerprint density at radius 2 is 1.42 bits per heavy atom. The van der Waals surface area contributed by atoms with Gasteiger partial charge >= 0.3 is 0 Å². The highest BCUT2D eigenvalue weighted by molar-refractivity contribution is 8.00. The minimum absolute atomic E-state index is 0.0808. The van der Waals surface area contributed by atoms with Gasteiger partial charge in [0.15, 0.2) is 0 Å². The van der Waals surface area contributed by atoms with E-state index in [1.54, 1.807) is 54.6 Å². The number of anilines is 2. The Morgan fingerprint density at radius 1 is 0.839 bits per heavy atom. The van der Waals surface area contributed by atoms with E-state index >= 15 is 0 Å². The van der Waals surface area contributed by atoms with Crippen molar-refractivity contribution in [3.63, 3.8) is 0 Å². The molecule has 0 aliphatic carbocycles. The van der Waals surface area contributed by atoms with Gasteiger partial charge in [-0.2, -0.15) is 8.42 Å². The summed E-state index contributed by atoms with van der Waals surface area (Å²) >= 11 is 0. The largest absolute Gasteiger partial charge is 0.326 e. The first-order valence-electron chi connectivity index (χ1n) is 9.13. The summed E-state index contributed by atoms with van der Waals surface area (Å²) in [5, 5.41) is 5.71. The van der Waals surface area contributed by atoms with Gasteiger partial charge in [0, 0.05) is 24.4 Å². The minimum Gasteiger partial charge on any atom is -0.326 e. The second kappa shape index (κ2) is 9.63. The molecule has 0 radical (unpaired) electrons. The molecule has 1 heterocycles. The number of rotatable bonds is 6. The van der Waals surface area contributed by atoms with Gasteiger partial charge < -0.3 is 10.6 Å². The topological polar surface area (TPSA) is 118 Å². The van der Waals surface area contributed by atoms with Crippen LogP contribution in [0.3, 0.4) is 0 Å². The van der Waals surface area contributed by atoms with Crippen molar-refractivity contribution in [3.8, 4) is 0 Å². The van der Waals surface area contributed by atoms with Crippen molar-refractivity contribution in [2.45, 2.75) is 28.7 Å². The van der Waals surface area contributed by atoms with Crippen molar-refractivity contribution in [1.29, 1.82) is 0 Å². The minimum atomic E-state index is -3.96. The van der Waals surface area contributed by atoms with Crippen molar-refractivity contribution in [1.82, 2.24) is 4.98 Å². The molecule has 2 aromatic carbocycles. The highest BCUT2D eigenvalue weighted by Crippen LogP contribution is 2.24. The fourth-order valence-corrected chi connectivity index (χ4v) is 5.84. The Balaban J connectivity index is 2.08. The third kappa shape index (κ3) is 6.06. The van der Waals surface area contributed by atoms with Crippen LogP contribution in [0.2, 0.25) is 0 Å². The monoisotopic (exact) mass is 456 g/mol. The summed E-state index contributed by atoms with van der Waals surface area (Å²) in [4.78, 5) is 27.5.